The van der Waals surface area contributed by atoms with E-state index in [0.717, 1.165) is 17.8 Å². The summed E-state index contributed by atoms with van der Waals surface area (Å²) < 4.78 is 0. The monoisotopic (exact) mass is 306 g/mol. The summed E-state index contributed by atoms with van der Waals surface area (Å²) in [7, 11) is 0. The van der Waals surface area contributed by atoms with E-state index in [2.05, 4.69) is 20.8 Å². The van der Waals surface area contributed by atoms with Crippen molar-refractivity contribution in [2.75, 3.05) is 0 Å². The van der Waals surface area contributed by atoms with Gasteiger partial charge in [-0.1, -0.05) is 72.1 Å². The van der Waals surface area contributed by atoms with Crippen molar-refractivity contribution in [3.05, 3.63) is 0 Å². The highest BCUT2D eigenvalue weighted by Gasteiger charge is 2.35. The van der Waals surface area contributed by atoms with E-state index < -0.39 is 0 Å². The molecule has 0 spiro atoms. The smallest absolute Gasteiger partial charge is 0.0326 e. The van der Waals surface area contributed by atoms with Crippen LogP contribution in [0.4, 0.5) is 0 Å². The van der Waals surface area contributed by atoms with Gasteiger partial charge in [0.2, 0.25) is 0 Å². The van der Waals surface area contributed by atoms with Gasteiger partial charge in [0.05, 0.1) is 0 Å². The summed E-state index contributed by atoms with van der Waals surface area (Å²) in [5, 5.41) is 0. The van der Waals surface area contributed by atoms with Gasteiger partial charge in [0, 0.05) is 0 Å². The fraction of sp³-hybridized carbons (Fsp3) is 1.00. The van der Waals surface area contributed by atoms with Gasteiger partial charge in [-0.2, -0.15) is 0 Å². The second-order valence-electron chi connectivity index (χ2n) is 9.03. The Hall–Kier alpha value is 0. The molecule has 0 aromatic carbocycles. The normalized spacial score (nSPS) is 36.4. The Morgan fingerprint density at radius 2 is 1.32 bits per heavy atom. The van der Waals surface area contributed by atoms with Gasteiger partial charge in [-0.25, -0.2) is 0 Å². The van der Waals surface area contributed by atoms with Gasteiger partial charge in [-0.3, -0.25) is 0 Å². The molecule has 0 amide bonds. The molecule has 0 heteroatoms. The quantitative estimate of drug-likeness (QED) is 0.402. The molecule has 0 heterocycles. The highest BCUT2D eigenvalue weighted by molar-refractivity contribution is 4.86. The van der Waals surface area contributed by atoms with Gasteiger partial charge >= 0.3 is 0 Å². The number of rotatable bonds is 8. The SMILES string of the molecule is CCCCCC1(C)CCC(C2CCC(CCCC)CC2)CC1. The van der Waals surface area contributed by atoms with Crippen LogP contribution in [0.15, 0.2) is 0 Å². The molecule has 130 valence electrons. The maximum atomic E-state index is 2.58. The molecule has 0 aromatic heterocycles. The van der Waals surface area contributed by atoms with Crippen molar-refractivity contribution in [1.29, 1.82) is 0 Å². The van der Waals surface area contributed by atoms with Gasteiger partial charge in [0.15, 0.2) is 0 Å². The Balaban J connectivity index is 1.67. The third kappa shape index (κ3) is 5.57. The zero-order valence-corrected chi connectivity index (χ0v) is 15.8. The maximum Gasteiger partial charge on any atom is -0.0326 e. The van der Waals surface area contributed by atoms with Crippen LogP contribution < -0.4 is 0 Å². The second kappa shape index (κ2) is 9.33. The van der Waals surface area contributed by atoms with Crippen LogP contribution in [-0.2, 0) is 0 Å². The first-order valence-corrected chi connectivity index (χ1v) is 10.7. The van der Waals surface area contributed by atoms with Crippen molar-refractivity contribution < 1.29 is 0 Å². The molecule has 0 bridgehead atoms. The first-order chi connectivity index (χ1) is 10.7. The Morgan fingerprint density at radius 1 is 0.727 bits per heavy atom. The van der Waals surface area contributed by atoms with E-state index in [1.54, 1.807) is 38.5 Å². The first kappa shape index (κ1) is 18.3. The molecule has 0 N–H and O–H groups in total. The summed E-state index contributed by atoms with van der Waals surface area (Å²) in [5.41, 5.74) is 0.698. The van der Waals surface area contributed by atoms with Crippen LogP contribution in [0.25, 0.3) is 0 Å². The Kier molecular flexibility index (Phi) is 7.78. The minimum absolute atomic E-state index is 0.698. The van der Waals surface area contributed by atoms with E-state index in [-0.39, 0.29) is 0 Å². The Morgan fingerprint density at radius 3 is 1.91 bits per heavy atom. The minimum Gasteiger partial charge on any atom is -0.0654 e. The van der Waals surface area contributed by atoms with Crippen LogP contribution >= 0.6 is 0 Å². The topological polar surface area (TPSA) is 0 Å². The highest BCUT2D eigenvalue weighted by atomic mass is 14.4. The van der Waals surface area contributed by atoms with Crippen molar-refractivity contribution in [3.63, 3.8) is 0 Å². The fourth-order valence-corrected chi connectivity index (χ4v) is 5.30. The van der Waals surface area contributed by atoms with Gasteiger partial charge in [0.1, 0.15) is 0 Å². The predicted octanol–water partition coefficient (Wildman–Crippen LogP) is 7.76. The van der Waals surface area contributed by atoms with Crippen molar-refractivity contribution in [3.8, 4) is 0 Å². The van der Waals surface area contributed by atoms with Crippen LogP contribution in [0.5, 0.6) is 0 Å². The highest BCUT2D eigenvalue weighted by Crippen LogP contribution is 2.47. The van der Waals surface area contributed by atoms with Crippen LogP contribution in [-0.4, -0.2) is 0 Å². The first-order valence-electron chi connectivity index (χ1n) is 10.7. The average Bonchev–Trinajstić information content (AvgIpc) is 2.54. The Labute approximate surface area is 140 Å². The summed E-state index contributed by atoms with van der Waals surface area (Å²) in [6.07, 6.45) is 22.5. The third-order valence-electron chi connectivity index (χ3n) is 7.15. The van der Waals surface area contributed by atoms with Gasteiger partial charge < -0.3 is 0 Å². The third-order valence-corrected chi connectivity index (χ3v) is 7.15. The van der Waals surface area contributed by atoms with E-state index in [1.807, 2.05) is 0 Å². The van der Waals surface area contributed by atoms with Crippen LogP contribution in [0.2, 0.25) is 0 Å². The van der Waals surface area contributed by atoms with Crippen molar-refractivity contribution in [2.24, 2.45) is 23.2 Å². The number of hydrogen-bond acceptors (Lipinski definition) is 0. The zero-order chi connectivity index (χ0) is 15.8. The van der Waals surface area contributed by atoms with Crippen LogP contribution in [0, 0.1) is 23.2 Å². The van der Waals surface area contributed by atoms with Crippen molar-refractivity contribution >= 4 is 0 Å². The molecule has 0 unspecified atom stereocenters. The molecule has 2 aliphatic rings. The molecular weight excluding hydrogens is 264 g/mol. The fourth-order valence-electron chi connectivity index (χ4n) is 5.30. The lowest BCUT2D eigenvalue weighted by Crippen LogP contribution is -2.30. The molecule has 0 radical (unpaired) electrons. The molecule has 2 saturated carbocycles. The Bertz CT molecular complexity index is 276. The van der Waals surface area contributed by atoms with E-state index in [1.165, 1.54) is 57.8 Å². The van der Waals surface area contributed by atoms with E-state index >= 15 is 0 Å². The van der Waals surface area contributed by atoms with E-state index in [9.17, 15) is 0 Å². The number of hydrogen-bond donors (Lipinski definition) is 0. The molecule has 0 nitrogen and oxygen atoms in total. The van der Waals surface area contributed by atoms with E-state index in [0.29, 0.717) is 5.41 Å². The average molecular weight is 307 g/mol. The lowest BCUT2D eigenvalue weighted by Gasteiger charge is -2.42. The molecule has 2 fully saturated rings. The van der Waals surface area contributed by atoms with Gasteiger partial charge in [-0.05, 0) is 68.1 Å². The lowest BCUT2D eigenvalue weighted by atomic mass is 9.63. The van der Waals surface area contributed by atoms with Crippen LogP contribution in [0.3, 0.4) is 0 Å². The lowest BCUT2D eigenvalue weighted by molar-refractivity contribution is 0.0950. The molecule has 2 rings (SSSR count). The molecule has 0 aliphatic heterocycles. The largest absolute Gasteiger partial charge is 0.0654 e. The number of unbranched alkanes of at least 4 members (excludes halogenated alkanes) is 3. The minimum atomic E-state index is 0.698. The molecule has 0 aromatic rings. The predicted molar refractivity (Wildman–Crippen MR) is 99.2 cm³/mol. The molecule has 22 heavy (non-hydrogen) atoms. The summed E-state index contributed by atoms with van der Waals surface area (Å²) in [5.74, 6) is 3.27. The summed E-state index contributed by atoms with van der Waals surface area (Å²) in [6.45, 7) is 7.25. The summed E-state index contributed by atoms with van der Waals surface area (Å²) in [6, 6.07) is 0. The molecular formula is C22H42. The van der Waals surface area contributed by atoms with Crippen LogP contribution in [0.1, 0.15) is 117 Å². The van der Waals surface area contributed by atoms with E-state index in [4.69, 9.17) is 0 Å². The molecule has 0 saturated heterocycles. The summed E-state index contributed by atoms with van der Waals surface area (Å²) >= 11 is 0. The van der Waals surface area contributed by atoms with Gasteiger partial charge in [0.25, 0.3) is 0 Å². The molecule has 2 aliphatic carbocycles. The van der Waals surface area contributed by atoms with Crippen molar-refractivity contribution in [2.45, 2.75) is 117 Å². The standard InChI is InChI=1S/C22H42/c1-4-6-8-16-22(3)17-14-21(15-18-22)20-12-10-19(11-13-20)9-7-5-2/h19-21H,4-18H2,1-3H3. The van der Waals surface area contributed by atoms with Gasteiger partial charge in [-0.15, -0.1) is 0 Å². The second-order valence-corrected chi connectivity index (χ2v) is 9.03. The maximum absolute atomic E-state index is 2.58. The molecule has 0 atom stereocenters. The zero-order valence-electron chi connectivity index (χ0n) is 15.8. The summed E-state index contributed by atoms with van der Waals surface area (Å²) in [4.78, 5) is 0. The van der Waals surface area contributed by atoms with Crippen molar-refractivity contribution in [1.82, 2.24) is 0 Å².